The molecule has 0 aromatic rings. The molecule has 0 aliphatic heterocycles. The summed E-state index contributed by atoms with van der Waals surface area (Å²) in [4.78, 5) is 0. The summed E-state index contributed by atoms with van der Waals surface area (Å²) in [6.07, 6.45) is 0. The molecule has 1 nitrogen and oxygen atoms in total. The van der Waals surface area contributed by atoms with E-state index in [-0.39, 0.29) is 10.9 Å². The van der Waals surface area contributed by atoms with Crippen LogP contribution in [-0.4, -0.2) is 13.4 Å². The summed E-state index contributed by atoms with van der Waals surface area (Å²) < 4.78 is 0. The maximum atomic E-state index is 5.69. The van der Waals surface area contributed by atoms with Crippen LogP contribution in [0.15, 0.2) is 0 Å². The summed E-state index contributed by atoms with van der Waals surface area (Å²) in [7, 11) is 5.69. The van der Waals surface area contributed by atoms with E-state index < -0.39 is 0 Å². The van der Waals surface area contributed by atoms with Crippen molar-refractivity contribution in [2.24, 2.45) is 5.73 Å². The third kappa shape index (κ3) is 1.87. The lowest BCUT2D eigenvalue weighted by atomic mass is 9.61. The molecule has 0 atom stereocenters. The second kappa shape index (κ2) is 1.76. The maximum Gasteiger partial charge on any atom is 0.0763 e. The van der Waals surface area contributed by atoms with Gasteiger partial charge in [0.05, 0.1) is 7.85 Å². The molecule has 2 N–H and O–H groups in total. The molecule has 2 radical (unpaired) electrons. The Morgan fingerprint density at radius 2 is 1.25 bits per heavy atom. The first-order valence-electron chi connectivity index (χ1n) is 2.83. The molecule has 2 heteroatoms. The Bertz CT molecular complexity index is 63.5. The quantitative estimate of drug-likeness (QED) is 0.503. The summed E-state index contributed by atoms with van der Waals surface area (Å²) in [6.45, 7) is 7.69. The third-order valence-electron chi connectivity index (χ3n) is 1.66. The summed E-state index contributed by atoms with van der Waals surface area (Å²) in [6, 6.07) is 0. The lowest BCUT2D eigenvalue weighted by Gasteiger charge is -2.35. The van der Waals surface area contributed by atoms with Gasteiger partial charge < -0.3 is 5.73 Å². The van der Waals surface area contributed by atoms with Crippen molar-refractivity contribution >= 4 is 7.85 Å². The second-order valence-electron chi connectivity index (χ2n) is 3.44. The molecule has 46 valence electrons. The van der Waals surface area contributed by atoms with E-state index in [1.165, 1.54) is 0 Å². The molecule has 0 aliphatic rings. The molecule has 0 saturated heterocycles. The SMILES string of the molecule is [B]C(C)(C)C(C)(C)N. The molecule has 0 rings (SSSR count). The summed E-state index contributed by atoms with van der Waals surface area (Å²) in [5.74, 6) is 0. The van der Waals surface area contributed by atoms with Crippen LogP contribution in [0.25, 0.3) is 0 Å². The fourth-order valence-corrected chi connectivity index (χ4v) is 0. The van der Waals surface area contributed by atoms with Crippen molar-refractivity contribution in [3.8, 4) is 0 Å². The van der Waals surface area contributed by atoms with Crippen LogP contribution in [0.1, 0.15) is 27.7 Å². The van der Waals surface area contributed by atoms with Gasteiger partial charge >= 0.3 is 0 Å². The average Bonchev–Trinajstić information content (AvgIpc) is 1.25. The highest BCUT2D eigenvalue weighted by Crippen LogP contribution is 2.30. The largest absolute Gasteiger partial charge is 0.326 e. The van der Waals surface area contributed by atoms with E-state index in [4.69, 9.17) is 13.6 Å². The van der Waals surface area contributed by atoms with E-state index in [2.05, 4.69) is 0 Å². The van der Waals surface area contributed by atoms with Crippen molar-refractivity contribution < 1.29 is 0 Å². The van der Waals surface area contributed by atoms with Crippen LogP contribution in [0.5, 0.6) is 0 Å². The van der Waals surface area contributed by atoms with Crippen molar-refractivity contribution in [1.29, 1.82) is 0 Å². The monoisotopic (exact) mass is 111 g/mol. The first-order valence-corrected chi connectivity index (χ1v) is 2.83. The van der Waals surface area contributed by atoms with Crippen LogP contribution in [-0.2, 0) is 0 Å². The molecule has 0 fully saturated rings. The van der Waals surface area contributed by atoms with Crippen molar-refractivity contribution in [1.82, 2.24) is 0 Å². The van der Waals surface area contributed by atoms with E-state index in [0.29, 0.717) is 0 Å². The Balaban J connectivity index is 4.02. The van der Waals surface area contributed by atoms with Crippen molar-refractivity contribution in [2.45, 2.75) is 38.5 Å². The first kappa shape index (κ1) is 8.02. The zero-order valence-electron chi connectivity index (χ0n) is 6.15. The average molecular weight is 111 g/mol. The highest BCUT2D eigenvalue weighted by Gasteiger charge is 2.26. The Morgan fingerprint density at radius 3 is 1.25 bits per heavy atom. The van der Waals surface area contributed by atoms with Gasteiger partial charge in [0, 0.05) is 5.54 Å². The lowest BCUT2D eigenvalue weighted by molar-refractivity contribution is 0.393. The molecular weight excluding hydrogens is 96.9 g/mol. The molecule has 0 aromatic heterocycles. The number of hydrogen-bond donors (Lipinski definition) is 1. The smallest absolute Gasteiger partial charge is 0.0763 e. The van der Waals surface area contributed by atoms with Crippen LogP contribution in [0.2, 0.25) is 5.31 Å². The molecule has 0 heterocycles. The minimum absolute atomic E-state index is 0.285. The van der Waals surface area contributed by atoms with E-state index in [1.807, 2.05) is 27.7 Å². The van der Waals surface area contributed by atoms with Gasteiger partial charge in [0.15, 0.2) is 0 Å². The molecule has 0 amide bonds. The van der Waals surface area contributed by atoms with E-state index >= 15 is 0 Å². The Kier molecular flexibility index (Phi) is 1.77. The van der Waals surface area contributed by atoms with Gasteiger partial charge in [0.1, 0.15) is 0 Å². The molecule has 0 spiro atoms. The summed E-state index contributed by atoms with van der Waals surface area (Å²) in [5.41, 5.74) is 5.40. The van der Waals surface area contributed by atoms with Gasteiger partial charge in [0.2, 0.25) is 0 Å². The van der Waals surface area contributed by atoms with E-state index in [0.717, 1.165) is 0 Å². The first-order chi connectivity index (χ1) is 3.25. The van der Waals surface area contributed by atoms with Crippen LogP contribution >= 0.6 is 0 Å². The van der Waals surface area contributed by atoms with Gasteiger partial charge in [-0.2, -0.15) is 0 Å². The predicted octanol–water partition coefficient (Wildman–Crippen LogP) is 1.09. The lowest BCUT2D eigenvalue weighted by Crippen LogP contribution is -2.42. The van der Waals surface area contributed by atoms with Crippen LogP contribution < -0.4 is 5.73 Å². The van der Waals surface area contributed by atoms with Gasteiger partial charge in [-0.1, -0.05) is 19.2 Å². The molecule has 0 aliphatic carbocycles. The van der Waals surface area contributed by atoms with Crippen LogP contribution in [0.4, 0.5) is 0 Å². The number of nitrogens with two attached hydrogens (primary N) is 1. The molecule has 0 bridgehead atoms. The van der Waals surface area contributed by atoms with E-state index in [9.17, 15) is 0 Å². The minimum atomic E-state index is -0.285. The van der Waals surface area contributed by atoms with Gasteiger partial charge in [-0.3, -0.25) is 0 Å². The van der Waals surface area contributed by atoms with E-state index in [1.54, 1.807) is 0 Å². The normalized spacial score (nSPS) is 14.1. The molecule has 8 heavy (non-hydrogen) atoms. The molecular formula is C6H14BN. The van der Waals surface area contributed by atoms with Gasteiger partial charge in [-0.25, -0.2) is 0 Å². The third-order valence-corrected chi connectivity index (χ3v) is 1.66. The van der Waals surface area contributed by atoms with Crippen molar-refractivity contribution in [3.63, 3.8) is 0 Å². The second-order valence-corrected chi connectivity index (χ2v) is 3.44. The highest BCUT2D eigenvalue weighted by atomic mass is 14.7. The molecule has 0 aromatic carbocycles. The number of rotatable bonds is 1. The van der Waals surface area contributed by atoms with Crippen molar-refractivity contribution in [3.05, 3.63) is 0 Å². The van der Waals surface area contributed by atoms with Gasteiger partial charge in [0.25, 0.3) is 0 Å². The fourth-order valence-electron chi connectivity index (χ4n) is 0. The number of hydrogen-bond acceptors (Lipinski definition) is 1. The molecule has 0 unspecified atom stereocenters. The van der Waals surface area contributed by atoms with Crippen LogP contribution in [0, 0.1) is 0 Å². The Morgan fingerprint density at radius 1 is 1.12 bits per heavy atom. The van der Waals surface area contributed by atoms with Gasteiger partial charge in [-0.05, 0) is 13.8 Å². The standard InChI is InChI=1S/C6H14BN/c1-5(2,7)6(3,4)8/h8H2,1-4H3. The topological polar surface area (TPSA) is 26.0 Å². The highest BCUT2D eigenvalue weighted by molar-refractivity contribution is 6.15. The van der Waals surface area contributed by atoms with Crippen LogP contribution in [0.3, 0.4) is 0 Å². The zero-order chi connectivity index (χ0) is 7.00. The fraction of sp³-hybridized carbons (Fsp3) is 1.00. The Labute approximate surface area is 53.1 Å². The zero-order valence-corrected chi connectivity index (χ0v) is 6.15. The van der Waals surface area contributed by atoms with Gasteiger partial charge in [-0.15, -0.1) is 0 Å². The maximum absolute atomic E-state index is 5.69. The predicted molar refractivity (Wildman–Crippen MR) is 38.1 cm³/mol. The minimum Gasteiger partial charge on any atom is -0.326 e. The Hall–Kier alpha value is 0.0249. The molecule has 0 saturated carbocycles. The van der Waals surface area contributed by atoms with Crippen molar-refractivity contribution in [2.75, 3.05) is 0 Å². The summed E-state index contributed by atoms with van der Waals surface area (Å²) in [5, 5.41) is -0.285. The summed E-state index contributed by atoms with van der Waals surface area (Å²) >= 11 is 0.